The zero-order valence-corrected chi connectivity index (χ0v) is 22.5. The van der Waals surface area contributed by atoms with Crippen LogP contribution in [0.2, 0.25) is 0 Å². The van der Waals surface area contributed by atoms with Gasteiger partial charge in [0.2, 0.25) is 11.8 Å². The third-order valence-electron chi connectivity index (χ3n) is 5.31. The fraction of sp³-hybridized carbons (Fsp3) is 0.607. The largest absolute Gasteiger partial charge is 0.444 e. The van der Waals surface area contributed by atoms with E-state index < -0.39 is 17.7 Å². The first-order valence-electron chi connectivity index (χ1n) is 12.8. The predicted octanol–water partition coefficient (Wildman–Crippen LogP) is 5.61. The molecule has 0 saturated heterocycles. The summed E-state index contributed by atoms with van der Waals surface area (Å²) in [4.78, 5) is 40.5. The molecule has 196 valence electrons. The molecule has 0 radical (unpaired) electrons. The molecule has 0 spiro atoms. The van der Waals surface area contributed by atoms with Gasteiger partial charge < -0.3 is 20.3 Å². The van der Waals surface area contributed by atoms with Crippen LogP contribution in [0.15, 0.2) is 30.8 Å². The number of amides is 3. The van der Waals surface area contributed by atoms with Crippen molar-refractivity contribution in [3.05, 3.63) is 42.0 Å². The molecular weight excluding hydrogens is 442 g/mol. The Kier molecular flexibility index (Phi) is 13.1. The lowest BCUT2D eigenvalue weighted by Gasteiger charge is -2.32. The van der Waals surface area contributed by atoms with Crippen LogP contribution in [0.1, 0.15) is 97.2 Å². The minimum atomic E-state index is -0.819. The number of nitrogens with zero attached hydrogens (tertiary/aromatic N) is 1. The summed E-state index contributed by atoms with van der Waals surface area (Å²) in [6.07, 6.45) is 7.38. The van der Waals surface area contributed by atoms with Gasteiger partial charge >= 0.3 is 6.09 Å². The molecule has 7 heteroatoms. The SMILES string of the molecule is C=Cc1cccc(C(C(=O)NC(C)C)N(CCCCCCCC)C(=O)CNC(=O)OC(C)(C)C)c1. The number of ether oxygens (including phenoxy) is 1. The summed E-state index contributed by atoms with van der Waals surface area (Å²) in [5.41, 5.74) is 0.900. The highest BCUT2D eigenvalue weighted by atomic mass is 16.6. The smallest absolute Gasteiger partial charge is 0.408 e. The highest BCUT2D eigenvalue weighted by Crippen LogP contribution is 2.24. The lowest BCUT2D eigenvalue weighted by Crippen LogP contribution is -2.49. The second-order valence-electron chi connectivity index (χ2n) is 10.2. The first-order valence-corrected chi connectivity index (χ1v) is 12.8. The van der Waals surface area contributed by atoms with Crippen molar-refractivity contribution in [1.82, 2.24) is 15.5 Å². The van der Waals surface area contributed by atoms with Crippen molar-refractivity contribution in [3.8, 4) is 0 Å². The monoisotopic (exact) mass is 487 g/mol. The summed E-state index contributed by atoms with van der Waals surface area (Å²) < 4.78 is 5.27. The number of carbonyl (C=O) groups is 3. The van der Waals surface area contributed by atoms with E-state index in [-0.39, 0.29) is 24.4 Å². The van der Waals surface area contributed by atoms with Crippen LogP contribution in [0.25, 0.3) is 6.08 Å². The minimum Gasteiger partial charge on any atom is -0.444 e. The van der Waals surface area contributed by atoms with Crippen LogP contribution >= 0.6 is 0 Å². The summed E-state index contributed by atoms with van der Waals surface area (Å²) in [6, 6.07) is 6.58. The van der Waals surface area contributed by atoms with E-state index in [9.17, 15) is 14.4 Å². The molecule has 0 fully saturated rings. The number of unbranched alkanes of at least 4 members (excludes halogenated alkanes) is 5. The number of nitrogens with one attached hydrogen (secondary N) is 2. The summed E-state index contributed by atoms with van der Waals surface area (Å²) in [7, 11) is 0. The van der Waals surface area contributed by atoms with Crippen LogP contribution in [0.4, 0.5) is 4.79 Å². The maximum absolute atomic E-state index is 13.4. The molecule has 1 rings (SSSR count). The molecular formula is C28H45N3O4. The average Bonchev–Trinajstić information content (AvgIpc) is 2.77. The zero-order valence-electron chi connectivity index (χ0n) is 22.5. The van der Waals surface area contributed by atoms with Gasteiger partial charge in [-0.05, 0) is 58.2 Å². The molecule has 2 N–H and O–H groups in total. The lowest BCUT2D eigenvalue weighted by molar-refractivity contribution is -0.140. The number of hydrogen-bond acceptors (Lipinski definition) is 4. The van der Waals surface area contributed by atoms with Crippen molar-refractivity contribution in [2.75, 3.05) is 13.1 Å². The maximum Gasteiger partial charge on any atom is 0.408 e. The van der Waals surface area contributed by atoms with Gasteiger partial charge in [-0.3, -0.25) is 9.59 Å². The van der Waals surface area contributed by atoms with Crippen molar-refractivity contribution in [1.29, 1.82) is 0 Å². The normalized spacial score (nSPS) is 12.1. The molecule has 35 heavy (non-hydrogen) atoms. The van der Waals surface area contributed by atoms with E-state index in [0.717, 1.165) is 37.7 Å². The van der Waals surface area contributed by atoms with Gasteiger partial charge in [0, 0.05) is 12.6 Å². The molecule has 0 aromatic heterocycles. The molecule has 0 saturated carbocycles. The molecule has 0 aliphatic heterocycles. The van der Waals surface area contributed by atoms with Gasteiger partial charge in [-0.1, -0.05) is 69.9 Å². The number of hydrogen-bond donors (Lipinski definition) is 2. The van der Waals surface area contributed by atoms with Gasteiger partial charge in [-0.25, -0.2) is 4.79 Å². The minimum absolute atomic E-state index is 0.0847. The predicted molar refractivity (Wildman–Crippen MR) is 142 cm³/mol. The van der Waals surface area contributed by atoms with Crippen LogP contribution in [0, 0.1) is 0 Å². The second-order valence-corrected chi connectivity index (χ2v) is 10.2. The first kappa shape index (κ1) is 30.2. The number of alkyl carbamates (subject to hydrolysis) is 1. The van der Waals surface area contributed by atoms with Crippen LogP contribution < -0.4 is 10.6 Å². The van der Waals surface area contributed by atoms with Gasteiger partial charge in [0.15, 0.2) is 0 Å². The maximum atomic E-state index is 13.4. The average molecular weight is 488 g/mol. The van der Waals surface area contributed by atoms with Crippen LogP contribution in [0.5, 0.6) is 0 Å². The van der Waals surface area contributed by atoms with Crippen LogP contribution in [-0.4, -0.2) is 47.5 Å². The molecule has 7 nitrogen and oxygen atoms in total. The van der Waals surface area contributed by atoms with Gasteiger partial charge in [0.25, 0.3) is 0 Å². The van der Waals surface area contributed by atoms with Crippen LogP contribution in [0.3, 0.4) is 0 Å². The van der Waals surface area contributed by atoms with Gasteiger partial charge in [0.1, 0.15) is 18.2 Å². The summed E-state index contributed by atoms with van der Waals surface area (Å²) in [5, 5.41) is 5.50. The lowest BCUT2D eigenvalue weighted by atomic mass is 10.00. The van der Waals surface area contributed by atoms with Gasteiger partial charge in [0.05, 0.1) is 0 Å². The van der Waals surface area contributed by atoms with Crippen molar-refractivity contribution >= 4 is 24.0 Å². The summed E-state index contributed by atoms with van der Waals surface area (Å²) in [6.45, 7) is 15.2. The molecule has 3 amide bonds. The van der Waals surface area contributed by atoms with E-state index in [2.05, 4.69) is 24.1 Å². The summed E-state index contributed by atoms with van der Waals surface area (Å²) in [5.74, 6) is -0.588. The highest BCUT2D eigenvalue weighted by Gasteiger charge is 2.32. The Balaban J connectivity index is 3.17. The van der Waals surface area contributed by atoms with E-state index in [4.69, 9.17) is 4.74 Å². The molecule has 0 aliphatic rings. The number of benzene rings is 1. The van der Waals surface area contributed by atoms with E-state index in [1.54, 1.807) is 31.7 Å². The Bertz CT molecular complexity index is 830. The first-order chi connectivity index (χ1) is 16.5. The Morgan fingerprint density at radius 3 is 2.34 bits per heavy atom. The van der Waals surface area contributed by atoms with Crippen LogP contribution in [-0.2, 0) is 14.3 Å². The Labute approximate surface area is 211 Å². The highest BCUT2D eigenvalue weighted by molar-refractivity contribution is 5.90. The Morgan fingerprint density at radius 1 is 1.09 bits per heavy atom. The third-order valence-corrected chi connectivity index (χ3v) is 5.31. The Morgan fingerprint density at radius 2 is 1.74 bits per heavy atom. The zero-order chi connectivity index (χ0) is 26.4. The number of carbonyl (C=O) groups excluding carboxylic acids is 3. The Hall–Kier alpha value is -2.83. The van der Waals surface area contributed by atoms with Crippen molar-refractivity contribution < 1.29 is 19.1 Å². The number of rotatable bonds is 14. The molecule has 1 aromatic rings. The molecule has 1 aromatic carbocycles. The quantitative estimate of drug-likeness (QED) is 0.334. The molecule has 0 aliphatic carbocycles. The fourth-order valence-electron chi connectivity index (χ4n) is 3.72. The summed E-state index contributed by atoms with van der Waals surface area (Å²) >= 11 is 0. The molecule has 1 atom stereocenters. The molecule has 1 unspecified atom stereocenters. The molecule has 0 heterocycles. The van der Waals surface area contributed by atoms with Crippen molar-refractivity contribution in [2.45, 2.75) is 97.8 Å². The van der Waals surface area contributed by atoms with Gasteiger partial charge in [-0.2, -0.15) is 0 Å². The van der Waals surface area contributed by atoms with E-state index in [1.165, 1.54) is 6.42 Å². The second kappa shape index (κ2) is 15.2. The van der Waals surface area contributed by atoms with Gasteiger partial charge in [-0.15, -0.1) is 0 Å². The topological polar surface area (TPSA) is 87.7 Å². The van der Waals surface area contributed by atoms with E-state index in [1.807, 2.05) is 38.1 Å². The third kappa shape index (κ3) is 11.9. The van der Waals surface area contributed by atoms with Crippen molar-refractivity contribution in [2.24, 2.45) is 0 Å². The van der Waals surface area contributed by atoms with E-state index >= 15 is 0 Å². The van der Waals surface area contributed by atoms with E-state index in [0.29, 0.717) is 12.1 Å². The fourth-order valence-corrected chi connectivity index (χ4v) is 3.72. The standard InChI is InChI=1S/C28H45N3O4/c1-8-10-11-12-13-14-18-31(24(32)20-29-27(34)35-28(5,6)7)25(26(33)30-21(3)4)23-17-15-16-22(9-2)19-23/h9,15-17,19,21,25H,2,8,10-14,18,20H2,1,3-7H3,(H,29,34)(H,30,33). The molecule has 0 bridgehead atoms. The van der Waals surface area contributed by atoms with Crippen molar-refractivity contribution in [3.63, 3.8) is 0 Å².